The van der Waals surface area contributed by atoms with Crippen LogP contribution >= 0.6 is 23.1 Å². The summed E-state index contributed by atoms with van der Waals surface area (Å²) in [6.07, 6.45) is 1.70. The van der Waals surface area contributed by atoms with Crippen molar-refractivity contribution in [3.63, 3.8) is 0 Å². The summed E-state index contributed by atoms with van der Waals surface area (Å²) in [7, 11) is 0. The van der Waals surface area contributed by atoms with Crippen molar-refractivity contribution in [2.45, 2.75) is 51.8 Å². The third-order valence-electron chi connectivity index (χ3n) is 6.72. The molecule has 0 spiro atoms. The Kier molecular flexibility index (Phi) is 7.64. The molecule has 1 N–H and O–H groups in total. The Hall–Kier alpha value is -3.43. The van der Waals surface area contributed by atoms with E-state index >= 15 is 0 Å². The highest BCUT2D eigenvalue weighted by Crippen LogP contribution is 2.48. The molecule has 1 aromatic carbocycles. The highest BCUT2D eigenvalue weighted by atomic mass is 32.2. The molecule has 0 aliphatic carbocycles. The summed E-state index contributed by atoms with van der Waals surface area (Å²) in [4.78, 5) is 32.9. The van der Waals surface area contributed by atoms with Gasteiger partial charge in [-0.05, 0) is 60.0 Å². The third kappa shape index (κ3) is 5.65. The summed E-state index contributed by atoms with van der Waals surface area (Å²) < 4.78 is 1.89. The first-order chi connectivity index (χ1) is 18.6. The van der Waals surface area contributed by atoms with Crippen molar-refractivity contribution >= 4 is 40.7 Å². The van der Waals surface area contributed by atoms with E-state index in [0.717, 1.165) is 39.3 Å². The van der Waals surface area contributed by atoms with Crippen LogP contribution in [0.1, 0.15) is 59.7 Å². The van der Waals surface area contributed by atoms with E-state index in [2.05, 4.69) is 73.9 Å². The predicted molar refractivity (Wildman–Crippen MR) is 159 cm³/mol. The Morgan fingerprint density at radius 1 is 1.15 bits per heavy atom. The lowest BCUT2D eigenvalue weighted by Crippen LogP contribution is -2.42. The van der Waals surface area contributed by atoms with Crippen molar-refractivity contribution in [3.05, 3.63) is 93.1 Å². The van der Waals surface area contributed by atoms with Crippen LogP contribution in [-0.2, 0) is 21.5 Å². The predicted octanol–water partition coefficient (Wildman–Crippen LogP) is 5.73. The van der Waals surface area contributed by atoms with Gasteiger partial charge >= 0.3 is 0 Å². The van der Waals surface area contributed by atoms with Gasteiger partial charge in [0.15, 0.2) is 0 Å². The van der Waals surface area contributed by atoms with E-state index in [9.17, 15) is 9.59 Å². The number of aryl methyl sites for hydroxylation is 2. The lowest BCUT2D eigenvalue weighted by atomic mass is 9.87. The molecule has 1 aliphatic heterocycles. The van der Waals surface area contributed by atoms with Gasteiger partial charge in [-0.3, -0.25) is 19.5 Å². The van der Waals surface area contributed by atoms with E-state index < -0.39 is 0 Å². The number of nitrogens with one attached hydrogen (secondary N) is 1. The second-order valence-corrected chi connectivity index (χ2v) is 12.7. The van der Waals surface area contributed by atoms with Crippen molar-refractivity contribution in [2.75, 3.05) is 17.2 Å². The number of carbonyl (C=O) groups excluding carboxylic acids is 2. The highest BCUT2D eigenvalue weighted by molar-refractivity contribution is 8.00. The first-order valence-corrected chi connectivity index (χ1v) is 14.9. The minimum atomic E-state index is -0.289. The SMILES string of the molecule is Cc1ccc(-n2nc(C(C)(C)C)c3c2N(CC(=O)NCc2ccccn2)C(=O)CS[C@H]3c2ccsc2)c(C)c1. The molecule has 202 valence electrons. The van der Waals surface area contributed by atoms with Gasteiger partial charge in [0.1, 0.15) is 12.4 Å². The summed E-state index contributed by atoms with van der Waals surface area (Å²) >= 11 is 3.24. The van der Waals surface area contributed by atoms with E-state index in [1.54, 1.807) is 34.2 Å². The molecule has 0 saturated carbocycles. The van der Waals surface area contributed by atoms with E-state index in [1.807, 2.05) is 28.9 Å². The number of amides is 2. The number of thiophene rings is 1. The number of pyridine rings is 1. The fraction of sp³-hybridized carbons (Fsp3) is 0.333. The highest BCUT2D eigenvalue weighted by Gasteiger charge is 2.40. The van der Waals surface area contributed by atoms with Crippen LogP contribution < -0.4 is 10.2 Å². The molecule has 7 nitrogen and oxygen atoms in total. The third-order valence-corrected chi connectivity index (χ3v) is 8.68. The number of thioether (sulfide) groups is 1. The number of benzene rings is 1. The smallest absolute Gasteiger partial charge is 0.240 e. The maximum atomic E-state index is 13.8. The molecule has 5 rings (SSSR count). The molecule has 0 fully saturated rings. The number of hydrogen-bond acceptors (Lipinski definition) is 6. The van der Waals surface area contributed by atoms with Crippen LogP contribution in [0.2, 0.25) is 0 Å². The molecule has 4 aromatic rings. The molecule has 3 aromatic heterocycles. The van der Waals surface area contributed by atoms with Crippen molar-refractivity contribution < 1.29 is 9.59 Å². The van der Waals surface area contributed by atoms with Crippen molar-refractivity contribution in [1.29, 1.82) is 0 Å². The molecule has 39 heavy (non-hydrogen) atoms. The van der Waals surface area contributed by atoms with Gasteiger partial charge in [0.05, 0.1) is 34.6 Å². The monoisotopic (exact) mass is 559 g/mol. The second-order valence-electron chi connectivity index (χ2n) is 10.9. The quantitative estimate of drug-likeness (QED) is 0.326. The second kappa shape index (κ2) is 11.0. The number of carbonyl (C=O) groups is 2. The zero-order chi connectivity index (χ0) is 27.7. The Morgan fingerprint density at radius 3 is 2.64 bits per heavy atom. The Morgan fingerprint density at radius 2 is 1.97 bits per heavy atom. The minimum Gasteiger partial charge on any atom is -0.349 e. The summed E-state index contributed by atoms with van der Waals surface area (Å²) in [5, 5.41) is 12.3. The molecule has 0 unspecified atom stereocenters. The first kappa shape index (κ1) is 27.1. The zero-order valence-corrected chi connectivity index (χ0v) is 24.5. The van der Waals surface area contributed by atoms with Crippen molar-refractivity contribution in [3.8, 4) is 5.69 Å². The minimum absolute atomic E-state index is 0.0782. The molecule has 0 bridgehead atoms. The molecule has 1 atom stereocenters. The average Bonchev–Trinajstić information content (AvgIpc) is 3.53. The number of nitrogens with zero attached hydrogens (tertiary/aromatic N) is 4. The standard InChI is InChI=1S/C30H33N5O2S2/c1-19-9-10-23(20(2)14-19)35-29-26(28(33-35)30(3,4)5)27(21-11-13-38-17-21)39-18-25(37)34(29)16-24(36)32-15-22-8-6-7-12-31-22/h6-14,17,27H,15-16,18H2,1-5H3,(H,32,36)/t27-/m0/s1. The maximum absolute atomic E-state index is 13.8. The van der Waals surface area contributed by atoms with Crippen molar-refractivity contribution in [2.24, 2.45) is 0 Å². The Labute approximate surface area is 237 Å². The van der Waals surface area contributed by atoms with Gasteiger partial charge in [-0.2, -0.15) is 16.4 Å². The fourth-order valence-electron chi connectivity index (χ4n) is 4.86. The molecular weight excluding hydrogens is 526 g/mol. The summed E-state index contributed by atoms with van der Waals surface area (Å²) in [6, 6.07) is 13.9. The van der Waals surface area contributed by atoms with Crippen LogP contribution in [0.3, 0.4) is 0 Å². The summed E-state index contributed by atoms with van der Waals surface area (Å²) in [5.74, 6) is 0.577. The molecule has 1 aliphatic rings. The number of hydrogen-bond donors (Lipinski definition) is 1. The van der Waals surface area contributed by atoms with Gasteiger partial charge in [-0.15, -0.1) is 11.8 Å². The van der Waals surface area contributed by atoms with E-state index in [0.29, 0.717) is 12.4 Å². The van der Waals surface area contributed by atoms with Gasteiger partial charge in [-0.25, -0.2) is 4.68 Å². The van der Waals surface area contributed by atoms with Crippen LogP contribution in [-0.4, -0.2) is 38.9 Å². The van der Waals surface area contributed by atoms with Gasteiger partial charge in [0, 0.05) is 17.2 Å². The van der Waals surface area contributed by atoms with E-state index in [4.69, 9.17) is 5.10 Å². The van der Waals surface area contributed by atoms with Crippen LogP contribution in [0.15, 0.2) is 59.4 Å². The molecule has 9 heteroatoms. The molecular formula is C30H33N5O2S2. The average molecular weight is 560 g/mol. The van der Waals surface area contributed by atoms with Crippen LogP contribution in [0.5, 0.6) is 0 Å². The Balaban J connectivity index is 1.65. The molecule has 0 radical (unpaired) electrons. The fourth-order valence-corrected chi connectivity index (χ4v) is 6.82. The van der Waals surface area contributed by atoms with Crippen LogP contribution in [0, 0.1) is 13.8 Å². The first-order valence-electron chi connectivity index (χ1n) is 12.9. The number of aromatic nitrogens is 3. The van der Waals surface area contributed by atoms with Gasteiger partial charge in [0.25, 0.3) is 0 Å². The number of rotatable bonds is 6. The van der Waals surface area contributed by atoms with Gasteiger partial charge in [0.2, 0.25) is 11.8 Å². The van der Waals surface area contributed by atoms with E-state index in [1.165, 1.54) is 0 Å². The molecule has 2 amide bonds. The lowest BCUT2D eigenvalue weighted by molar-refractivity contribution is -0.123. The molecule has 0 saturated heterocycles. The van der Waals surface area contributed by atoms with Crippen molar-refractivity contribution in [1.82, 2.24) is 20.1 Å². The maximum Gasteiger partial charge on any atom is 0.240 e. The molecule has 4 heterocycles. The topological polar surface area (TPSA) is 80.1 Å². The number of anilines is 1. The lowest BCUT2D eigenvalue weighted by Gasteiger charge is -2.24. The summed E-state index contributed by atoms with van der Waals surface area (Å²) in [5.41, 5.74) is 6.64. The van der Waals surface area contributed by atoms with Gasteiger partial charge in [-0.1, -0.05) is 44.5 Å². The normalized spacial score (nSPS) is 15.7. The zero-order valence-electron chi connectivity index (χ0n) is 22.9. The largest absolute Gasteiger partial charge is 0.349 e. The van der Waals surface area contributed by atoms with Crippen LogP contribution in [0.4, 0.5) is 5.82 Å². The Bertz CT molecular complexity index is 1490. The van der Waals surface area contributed by atoms with E-state index in [-0.39, 0.29) is 34.8 Å². The van der Waals surface area contributed by atoms with Crippen LogP contribution in [0.25, 0.3) is 5.69 Å². The van der Waals surface area contributed by atoms with Gasteiger partial charge < -0.3 is 5.32 Å². The summed E-state index contributed by atoms with van der Waals surface area (Å²) in [6.45, 7) is 10.8. The number of fused-ring (bicyclic) bond motifs is 1.